The minimum atomic E-state index is -0.228. The maximum Gasteiger partial charge on any atom is 0.234 e. The topological polar surface area (TPSA) is 72.0 Å². The lowest BCUT2D eigenvalue weighted by molar-refractivity contribution is -0.113. The average molecular weight is 452 g/mol. The number of benzene rings is 2. The Kier molecular flexibility index (Phi) is 6.68. The van der Waals surface area contributed by atoms with E-state index in [0.29, 0.717) is 27.0 Å². The van der Waals surface area contributed by atoms with Crippen molar-refractivity contribution in [1.82, 2.24) is 9.97 Å². The lowest BCUT2D eigenvalue weighted by Gasteiger charge is -2.17. The third-order valence-electron chi connectivity index (χ3n) is 5.24. The smallest absolute Gasteiger partial charge is 0.234 e. The average Bonchev–Trinajstić information content (AvgIpc) is 2.79. The number of ketones is 1. The number of hydrogen-bond donors (Lipinski definition) is 1. The van der Waals surface area contributed by atoms with Gasteiger partial charge in [0.25, 0.3) is 0 Å². The highest BCUT2D eigenvalue weighted by Crippen LogP contribution is 2.26. The molecular weight excluding hydrogens is 430 g/mol. The number of aromatic nitrogens is 2. The number of amides is 1. The Morgan fingerprint density at radius 1 is 1.06 bits per heavy atom. The van der Waals surface area contributed by atoms with Crippen LogP contribution >= 0.6 is 23.4 Å². The second-order valence-corrected chi connectivity index (χ2v) is 8.82. The summed E-state index contributed by atoms with van der Waals surface area (Å²) in [6.45, 7) is 2.01. The number of nitrogens with zero attached hydrogens (tertiary/aromatic N) is 2. The molecule has 0 atom stereocenters. The molecule has 1 amide bonds. The van der Waals surface area contributed by atoms with Gasteiger partial charge in [0.15, 0.2) is 10.9 Å². The van der Waals surface area contributed by atoms with Gasteiger partial charge in [-0.05, 0) is 56.4 Å². The van der Waals surface area contributed by atoms with Crippen LogP contribution in [0.5, 0.6) is 0 Å². The number of anilines is 1. The number of nitrogens with one attached hydrogen (secondary N) is 1. The van der Waals surface area contributed by atoms with E-state index < -0.39 is 0 Å². The first-order valence-electron chi connectivity index (χ1n) is 10.2. The van der Waals surface area contributed by atoms with Crippen molar-refractivity contribution < 1.29 is 9.59 Å². The number of fused-ring (bicyclic) bond motifs is 1. The van der Waals surface area contributed by atoms with E-state index in [1.54, 1.807) is 42.5 Å². The minimum absolute atomic E-state index is 0.153. The molecule has 31 heavy (non-hydrogen) atoms. The number of aryl methyl sites for hydroxylation is 2. The van der Waals surface area contributed by atoms with Gasteiger partial charge in [0, 0.05) is 27.5 Å². The normalized spacial score (nSPS) is 12.8. The largest absolute Gasteiger partial charge is 0.325 e. The molecule has 2 aromatic carbocycles. The first-order valence-corrected chi connectivity index (χ1v) is 11.6. The zero-order valence-corrected chi connectivity index (χ0v) is 18.7. The molecular formula is C24H22ClN3O2S. The molecule has 1 N–H and O–H groups in total. The van der Waals surface area contributed by atoms with Crippen molar-refractivity contribution >= 4 is 40.7 Å². The van der Waals surface area contributed by atoms with E-state index in [1.165, 1.54) is 23.7 Å². The number of hydrogen-bond acceptors (Lipinski definition) is 5. The Morgan fingerprint density at radius 2 is 1.84 bits per heavy atom. The van der Waals surface area contributed by atoms with Crippen molar-refractivity contribution in [2.24, 2.45) is 0 Å². The van der Waals surface area contributed by atoms with Gasteiger partial charge < -0.3 is 5.32 Å². The summed E-state index contributed by atoms with van der Waals surface area (Å²) in [4.78, 5) is 34.8. The number of carbonyl (C=O) groups excluding carboxylic acids is 2. The summed E-state index contributed by atoms with van der Waals surface area (Å²) in [5, 5.41) is 3.89. The quantitative estimate of drug-likeness (QED) is 0.313. The van der Waals surface area contributed by atoms with E-state index in [-0.39, 0.29) is 17.4 Å². The second kappa shape index (κ2) is 9.62. The summed E-state index contributed by atoms with van der Waals surface area (Å²) in [5.74, 6) is -0.270. The molecule has 0 radical (unpaired) electrons. The Labute approximate surface area is 190 Å². The van der Waals surface area contributed by atoms with E-state index in [4.69, 9.17) is 11.6 Å². The summed E-state index contributed by atoms with van der Waals surface area (Å²) in [6.07, 6.45) is 4.32. The van der Waals surface area contributed by atoms with Crippen molar-refractivity contribution in [2.45, 2.75) is 37.8 Å². The van der Waals surface area contributed by atoms with Crippen LogP contribution in [0, 0.1) is 6.92 Å². The molecule has 0 spiro atoms. The predicted octanol–water partition coefficient (Wildman–Crippen LogP) is 5.28. The van der Waals surface area contributed by atoms with Crippen LogP contribution in [0.2, 0.25) is 5.02 Å². The van der Waals surface area contributed by atoms with E-state index in [9.17, 15) is 9.59 Å². The van der Waals surface area contributed by atoms with Crippen LogP contribution in [0.1, 0.15) is 45.7 Å². The fourth-order valence-corrected chi connectivity index (χ4v) is 4.57. The van der Waals surface area contributed by atoms with Gasteiger partial charge in [-0.25, -0.2) is 9.97 Å². The number of thioether (sulfide) groups is 1. The van der Waals surface area contributed by atoms with Crippen LogP contribution in [-0.2, 0) is 17.6 Å². The van der Waals surface area contributed by atoms with Gasteiger partial charge in [-0.1, -0.05) is 53.7 Å². The standard InChI is InChI=1S/C24H22ClN3O2S/c1-15-18-9-5-6-10-20(18)28-24(26-15)31-14-22(29)27-21-12-11-17(25)13-19(21)23(30)16-7-3-2-4-8-16/h2-4,7-8,11-13H,5-6,9-10,14H2,1H3,(H,27,29). The van der Waals surface area contributed by atoms with E-state index in [0.717, 1.165) is 30.7 Å². The second-order valence-electron chi connectivity index (χ2n) is 7.45. The number of halogens is 1. The van der Waals surface area contributed by atoms with Gasteiger partial charge in [0.1, 0.15) is 0 Å². The maximum absolute atomic E-state index is 12.9. The van der Waals surface area contributed by atoms with Gasteiger partial charge in [0.2, 0.25) is 5.91 Å². The molecule has 1 aliphatic carbocycles. The third-order valence-corrected chi connectivity index (χ3v) is 6.32. The van der Waals surface area contributed by atoms with Crippen molar-refractivity contribution in [3.63, 3.8) is 0 Å². The monoisotopic (exact) mass is 451 g/mol. The minimum Gasteiger partial charge on any atom is -0.325 e. The fourth-order valence-electron chi connectivity index (χ4n) is 3.69. The first-order chi connectivity index (χ1) is 15.0. The SMILES string of the molecule is Cc1nc(SCC(=O)Nc2ccc(Cl)cc2C(=O)c2ccccc2)nc2c1CCCC2. The summed E-state index contributed by atoms with van der Waals surface area (Å²) in [6, 6.07) is 13.8. The van der Waals surface area contributed by atoms with Crippen LogP contribution in [-0.4, -0.2) is 27.4 Å². The summed E-state index contributed by atoms with van der Waals surface area (Å²) in [7, 11) is 0. The Morgan fingerprint density at radius 3 is 2.65 bits per heavy atom. The number of carbonyl (C=O) groups is 2. The van der Waals surface area contributed by atoms with E-state index in [2.05, 4.69) is 15.3 Å². The van der Waals surface area contributed by atoms with Gasteiger partial charge >= 0.3 is 0 Å². The van der Waals surface area contributed by atoms with Crippen LogP contribution in [0.3, 0.4) is 0 Å². The Hall–Kier alpha value is -2.70. The first kappa shape index (κ1) is 21.5. The molecule has 0 saturated heterocycles. The number of rotatable bonds is 6. The lowest BCUT2D eigenvalue weighted by atomic mass is 9.95. The molecule has 0 fully saturated rings. The van der Waals surface area contributed by atoms with E-state index in [1.807, 2.05) is 13.0 Å². The zero-order valence-electron chi connectivity index (χ0n) is 17.2. The molecule has 1 aromatic heterocycles. The highest BCUT2D eigenvalue weighted by molar-refractivity contribution is 7.99. The molecule has 0 bridgehead atoms. The van der Waals surface area contributed by atoms with Gasteiger partial charge in [0.05, 0.1) is 11.4 Å². The summed E-state index contributed by atoms with van der Waals surface area (Å²) in [5.41, 5.74) is 4.69. The molecule has 0 unspecified atom stereocenters. The maximum atomic E-state index is 12.9. The summed E-state index contributed by atoms with van der Waals surface area (Å²) < 4.78 is 0. The van der Waals surface area contributed by atoms with Crippen molar-refractivity contribution in [3.05, 3.63) is 81.6 Å². The highest BCUT2D eigenvalue weighted by atomic mass is 35.5. The molecule has 0 saturated carbocycles. The van der Waals surface area contributed by atoms with Crippen LogP contribution in [0.4, 0.5) is 5.69 Å². The fraction of sp³-hybridized carbons (Fsp3) is 0.250. The van der Waals surface area contributed by atoms with Crippen molar-refractivity contribution in [2.75, 3.05) is 11.1 Å². The van der Waals surface area contributed by atoms with Crippen LogP contribution < -0.4 is 5.32 Å². The van der Waals surface area contributed by atoms with E-state index >= 15 is 0 Å². The Bertz CT molecular complexity index is 1140. The third kappa shape index (κ3) is 5.14. The molecule has 4 rings (SSSR count). The van der Waals surface area contributed by atoms with Crippen molar-refractivity contribution in [1.29, 1.82) is 0 Å². The van der Waals surface area contributed by atoms with Crippen molar-refractivity contribution in [3.8, 4) is 0 Å². The lowest BCUT2D eigenvalue weighted by Crippen LogP contribution is -2.17. The van der Waals surface area contributed by atoms with Gasteiger partial charge in [-0.15, -0.1) is 0 Å². The Balaban J connectivity index is 1.47. The molecule has 0 aliphatic heterocycles. The van der Waals surface area contributed by atoms with Crippen LogP contribution in [0.15, 0.2) is 53.7 Å². The molecule has 1 aliphatic rings. The predicted molar refractivity (Wildman–Crippen MR) is 124 cm³/mol. The molecule has 158 valence electrons. The summed E-state index contributed by atoms with van der Waals surface area (Å²) >= 11 is 7.42. The molecule has 5 nitrogen and oxygen atoms in total. The van der Waals surface area contributed by atoms with Gasteiger partial charge in [-0.2, -0.15) is 0 Å². The molecule has 7 heteroatoms. The van der Waals surface area contributed by atoms with Gasteiger partial charge in [-0.3, -0.25) is 9.59 Å². The zero-order chi connectivity index (χ0) is 21.8. The molecule has 1 heterocycles. The highest BCUT2D eigenvalue weighted by Gasteiger charge is 2.18. The van der Waals surface area contributed by atoms with Crippen LogP contribution in [0.25, 0.3) is 0 Å². The molecule has 3 aromatic rings.